The van der Waals surface area contributed by atoms with Gasteiger partial charge in [-0.15, -0.1) is 0 Å². The summed E-state index contributed by atoms with van der Waals surface area (Å²) >= 11 is 0. The van der Waals surface area contributed by atoms with Crippen LogP contribution in [0.3, 0.4) is 0 Å². The number of likely N-dealkylation sites (tertiary alicyclic amines) is 1. The van der Waals surface area contributed by atoms with Crippen LogP contribution in [-0.4, -0.2) is 44.7 Å². The first kappa shape index (κ1) is 21.0. The van der Waals surface area contributed by atoms with Crippen LogP contribution in [0.1, 0.15) is 35.6 Å². The van der Waals surface area contributed by atoms with Crippen molar-refractivity contribution in [1.82, 2.24) is 10.2 Å². The van der Waals surface area contributed by atoms with Crippen LogP contribution >= 0.6 is 0 Å². The number of hydrogen-bond donors (Lipinski definition) is 2. The lowest BCUT2D eigenvalue weighted by Crippen LogP contribution is -2.40. The predicted octanol–water partition coefficient (Wildman–Crippen LogP) is 3.25. The topological polar surface area (TPSA) is 72.1 Å². The van der Waals surface area contributed by atoms with Gasteiger partial charge in [-0.25, -0.2) is 4.99 Å². The summed E-state index contributed by atoms with van der Waals surface area (Å²) in [6, 6.07) is 14.9. The third kappa shape index (κ3) is 5.64. The molecule has 0 saturated carbocycles. The minimum absolute atomic E-state index is 0.299. The zero-order valence-electron chi connectivity index (χ0n) is 17.6. The maximum Gasteiger partial charge on any atom is 0.188 e. The number of aliphatic imine (C=N–C) groups is 1. The van der Waals surface area contributed by atoms with Crippen LogP contribution in [0.4, 0.5) is 0 Å². The summed E-state index contributed by atoms with van der Waals surface area (Å²) < 4.78 is 10.6. The van der Waals surface area contributed by atoms with Crippen LogP contribution in [0.25, 0.3) is 0 Å². The van der Waals surface area contributed by atoms with E-state index < -0.39 is 0 Å². The highest BCUT2D eigenvalue weighted by atomic mass is 16.5. The highest BCUT2D eigenvalue weighted by Crippen LogP contribution is 2.28. The van der Waals surface area contributed by atoms with Crippen molar-refractivity contribution < 1.29 is 9.47 Å². The molecule has 2 aromatic rings. The summed E-state index contributed by atoms with van der Waals surface area (Å²) in [6.45, 7) is 5.60. The molecule has 2 aromatic carbocycles. The predicted molar refractivity (Wildman–Crippen MR) is 118 cm³/mol. The van der Waals surface area contributed by atoms with E-state index in [4.69, 9.17) is 15.2 Å². The van der Waals surface area contributed by atoms with Crippen LogP contribution < -0.4 is 20.5 Å². The van der Waals surface area contributed by atoms with Gasteiger partial charge in [-0.1, -0.05) is 35.9 Å². The second kappa shape index (κ2) is 10.2. The van der Waals surface area contributed by atoms with Gasteiger partial charge >= 0.3 is 0 Å². The Labute approximate surface area is 173 Å². The van der Waals surface area contributed by atoms with Crippen LogP contribution in [0, 0.1) is 6.92 Å². The van der Waals surface area contributed by atoms with E-state index in [9.17, 15) is 0 Å². The number of nitrogens with two attached hydrogens (primary N) is 1. The molecule has 1 fully saturated rings. The van der Waals surface area contributed by atoms with Gasteiger partial charge in [-0.3, -0.25) is 4.90 Å². The third-order valence-electron chi connectivity index (χ3n) is 5.40. The molecule has 6 nitrogen and oxygen atoms in total. The van der Waals surface area contributed by atoms with Gasteiger partial charge in [0.2, 0.25) is 0 Å². The molecule has 6 heteroatoms. The first-order valence-electron chi connectivity index (χ1n) is 10.2. The van der Waals surface area contributed by atoms with Crippen molar-refractivity contribution >= 4 is 5.96 Å². The maximum absolute atomic E-state index is 6.16. The lowest BCUT2D eigenvalue weighted by molar-refractivity contribution is 0.245. The Bertz CT molecular complexity index is 814. The van der Waals surface area contributed by atoms with E-state index in [1.165, 1.54) is 24.0 Å². The highest BCUT2D eigenvalue weighted by molar-refractivity contribution is 5.77. The molecule has 0 amide bonds. The van der Waals surface area contributed by atoms with Gasteiger partial charge in [0.15, 0.2) is 17.5 Å². The zero-order chi connectivity index (χ0) is 20.6. The SMILES string of the molecule is COc1ccc(CN=C(N)NCC(c2ccc(C)cc2)N2CCCC2)cc1OC. The van der Waals surface area contributed by atoms with Crippen LogP contribution in [-0.2, 0) is 6.54 Å². The minimum atomic E-state index is 0.299. The monoisotopic (exact) mass is 396 g/mol. The molecular weight excluding hydrogens is 364 g/mol. The number of ether oxygens (including phenoxy) is 2. The number of guanidine groups is 1. The number of methoxy groups -OCH3 is 2. The van der Waals surface area contributed by atoms with Crippen LogP contribution in [0.15, 0.2) is 47.5 Å². The fourth-order valence-electron chi connectivity index (χ4n) is 3.71. The molecule has 1 saturated heterocycles. The molecule has 29 heavy (non-hydrogen) atoms. The summed E-state index contributed by atoms with van der Waals surface area (Å²) in [6.07, 6.45) is 2.51. The van der Waals surface area contributed by atoms with Crippen molar-refractivity contribution in [3.8, 4) is 11.5 Å². The summed E-state index contributed by atoms with van der Waals surface area (Å²) in [5, 5.41) is 3.32. The van der Waals surface area contributed by atoms with Gasteiger partial charge in [0.25, 0.3) is 0 Å². The summed E-state index contributed by atoms with van der Waals surface area (Å²) in [5.41, 5.74) is 9.77. The summed E-state index contributed by atoms with van der Waals surface area (Å²) in [5.74, 6) is 1.86. The molecule has 1 aliphatic rings. The number of hydrogen-bond acceptors (Lipinski definition) is 4. The van der Waals surface area contributed by atoms with Crippen molar-refractivity contribution in [3.05, 3.63) is 59.2 Å². The van der Waals surface area contributed by atoms with Gasteiger partial charge in [0, 0.05) is 6.54 Å². The van der Waals surface area contributed by atoms with Gasteiger partial charge < -0.3 is 20.5 Å². The first-order valence-corrected chi connectivity index (χ1v) is 10.2. The Balaban J connectivity index is 1.63. The summed E-state index contributed by atoms with van der Waals surface area (Å²) in [4.78, 5) is 7.03. The summed E-state index contributed by atoms with van der Waals surface area (Å²) in [7, 11) is 3.26. The van der Waals surface area contributed by atoms with Gasteiger partial charge in [-0.05, 0) is 56.1 Å². The lowest BCUT2D eigenvalue weighted by atomic mass is 10.0. The van der Waals surface area contributed by atoms with Crippen molar-refractivity contribution in [2.75, 3.05) is 33.9 Å². The average molecular weight is 397 g/mol. The van der Waals surface area contributed by atoms with Crippen molar-refractivity contribution in [2.24, 2.45) is 10.7 Å². The fourth-order valence-corrected chi connectivity index (χ4v) is 3.71. The smallest absolute Gasteiger partial charge is 0.188 e. The van der Waals surface area contributed by atoms with Crippen molar-refractivity contribution in [1.29, 1.82) is 0 Å². The largest absolute Gasteiger partial charge is 0.493 e. The number of aryl methyl sites for hydroxylation is 1. The van der Waals surface area contributed by atoms with Crippen LogP contribution in [0.5, 0.6) is 11.5 Å². The standard InChI is InChI=1S/C23H32N4O2/c1-17-6-9-19(10-7-17)20(27-12-4-5-13-27)16-26-23(24)25-15-18-8-11-21(28-2)22(14-18)29-3/h6-11,14,20H,4-5,12-13,15-16H2,1-3H3,(H3,24,25,26). The normalized spacial score (nSPS) is 15.9. The third-order valence-corrected chi connectivity index (χ3v) is 5.40. The zero-order valence-corrected chi connectivity index (χ0v) is 17.6. The molecule has 3 rings (SSSR count). The van der Waals surface area contributed by atoms with E-state index in [0.717, 1.165) is 25.2 Å². The number of nitrogens with one attached hydrogen (secondary N) is 1. The molecule has 0 spiro atoms. The second-order valence-corrected chi connectivity index (χ2v) is 7.44. The highest BCUT2D eigenvalue weighted by Gasteiger charge is 2.23. The Morgan fingerprint density at radius 2 is 1.76 bits per heavy atom. The van der Waals surface area contributed by atoms with E-state index in [1.54, 1.807) is 14.2 Å². The Morgan fingerprint density at radius 1 is 1.07 bits per heavy atom. The van der Waals surface area contributed by atoms with Gasteiger partial charge in [-0.2, -0.15) is 0 Å². The molecule has 0 aromatic heterocycles. The molecule has 0 aliphatic carbocycles. The van der Waals surface area contributed by atoms with E-state index in [1.807, 2.05) is 18.2 Å². The van der Waals surface area contributed by atoms with Gasteiger partial charge in [0.1, 0.15) is 0 Å². The quantitative estimate of drug-likeness (QED) is 0.529. The van der Waals surface area contributed by atoms with E-state index >= 15 is 0 Å². The number of rotatable bonds is 8. The van der Waals surface area contributed by atoms with Gasteiger partial charge in [0.05, 0.1) is 26.8 Å². The number of benzene rings is 2. The molecule has 0 radical (unpaired) electrons. The molecule has 0 bridgehead atoms. The maximum atomic E-state index is 6.16. The molecule has 156 valence electrons. The molecule has 1 aliphatic heterocycles. The van der Waals surface area contributed by atoms with E-state index in [2.05, 4.69) is 46.4 Å². The molecule has 1 atom stereocenters. The van der Waals surface area contributed by atoms with Crippen molar-refractivity contribution in [2.45, 2.75) is 32.4 Å². The Morgan fingerprint density at radius 3 is 2.41 bits per heavy atom. The molecular formula is C23H32N4O2. The van der Waals surface area contributed by atoms with Crippen LogP contribution in [0.2, 0.25) is 0 Å². The first-order chi connectivity index (χ1) is 14.1. The Kier molecular flexibility index (Phi) is 7.36. The second-order valence-electron chi connectivity index (χ2n) is 7.44. The fraction of sp³-hybridized carbons (Fsp3) is 0.435. The average Bonchev–Trinajstić information content (AvgIpc) is 3.28. The lowest BCUT2D eigenvalue weighted by Gasteiger charge is -2.28. The van der Waals surface area contributed by atoms with E-state index in [-0.39, 0.29) is 0 Å². The Hall–Kier alpha value is -2.73. The number of nitrogens with zero attached hydrogens (tertiary/aromatic N) is 2. The minimum Gasteiger partial charge on any atom is -0.493 e. The molecule has 3 N–H and O–H groups in total. The molecule has 1 unspecified atom stereocenters. The van der Waals surface area contributed by atoms with E-state index in [0.29, 0.717) is 30.0 Å². The van der Waals surface area contributed by atoms with Crippen molar-refractivity contribution in [3.63, 3.8) is 0 Å². The molecule has 1 heterocycles.